The number of carbonyl (C=O) groups is 2. The molecule has 0 bridgehead atoms. The van der Waals surface area contributed by atoms with E-state index in [0.717, 1.165) is 5.56 Å². The van der Waals surface area contributed by atoms with Gasteiger partial charge in [-0.15, -0.1) is 0 Å². The number of benzene rings is 1. The molecule has 1 aromatic carbocycles. The maximum atomic E-state index is 12.6. The second-order valence-electron chi connectivity index (χ2n) is 6.90. The Bertz CT molecular complexity index is 1120. The smallest absolute Gasteiger partial charge is 0.414 e. The summed E-state index contributed by atoms with van der Waals surface area (Å²) in [6.45, 7) is 1.90. The van der Waals surface area contributed by atoms with E-state index in [-0.39, 0.29) is 47.7 Å². The zero-order chi connectivity index (χ0) is 20.8. The third-order valence-electron chi connectivity index (χ3n) is 4.86. The number of aromatic nitrogens is 2. The molecule has 2 aliphatic rings. The predicted molar refractivity (Wildman–Crippen MR) is 104 cm³/mol. The van der Waals surface area contributed by atoms with Crippen molar-refractivity contribution in [3.63, 3.8) is 0 Å². The Morgan fingerprint density at radius 1 is 1.41 bits per heavy atom. The van der Waals surface area contributed by atoms with Crippen LogP contribution in [0.4, 0.5) is 16.4 Å². The minimum atomic E-state index is -3.56. The topological polar surface area (TPSA) is 145 Å². The van der Waals surface area contributed by atoms with E-state index < -0.39 is 22.0 Å². The van der Waals surface area contributed by atoms with E-state index in [1.165, 1.54) is 18.0 Å². The van der Waals surface area contributed by atoms with Crippen LogP contribution >= 0.6 is 0 Å². The number of hydrogen-bond acceptors (Lipinski definition) is 8. The van der Waals surface area contributed by atoms with Crippen LogP contribution in [0.5, 0.6) is 0 Å². The van der Waals surface area contributed by atoms with Gasteiger partial charge in [0.1, 0.15) is 11.0 Å². The van der Waals surface area contributed by atoms with E-state index in [4.69, 9.17) is 10.5 Å². The average molecular weight is 417 g/mol. The van der Waals surface area contributed by atoms with Crippen molar-refractivity contribution in [3.8, 4) is 11.3 Å². The molecule has 1 aromatic heterocycles. The number of carbonyl (C=O) groups excluding carboxylic acids is 2. The third-order valence-corrected chi connectivity index (χ3v) is 6.57. The number of rotatable bonds is 3. The minimum Gasteiger partial charge on any atom is -0.442 e. The van der Waals surface area contributed by atoms with E-state index in [9.17, 15) is 18.0 Å². The summed E-state index contributed by atoms with van der Waals surface area (Å²) < 4.78 is 30.5. The van der Waals surface area contributed by atoms with Gasteiger partial charge in [-0.3, -0.25) is 9.69 Å². The van der Waals surface area contributed by atoms with Crippen LogP contribution in [0.2, 0.25) is 0 Å². The zero-order valence-electron chi connectivity index (χ0n) is 15.6. The molecule has 0 spiro atoms. The van der Waals surface area contributed by atoms with E-state index >= 15 is 0 Å². The van der Waals surface area contributed by atoms with Crippen molar-refractivity contribution in [1.82, 2.24) is 15.3 Å². The van der Waals surface area contributed by atoms with Gasteiger partial charge in [-0.25, -0.2) is 23.2 Å². The van der Waals surface area contributed by atoms with Gasteiger partial charge in [0.25, 0.3) is 0 Å². The van der Waals surface area contributed by atoms with Gasteiger partial charge in [0, 0.05) is 18.2 Å². The molecule has 3 heterocycles. The van der Waals surface area contributed by atoms with Crippen LogP contribution in [0.25, 0.3) is 11.3 Å². The summed E-state index contributed by atoms with van der Waals surface area (Å²) in [7, 11) is -3.56. The summed E-state index contributed by atoms with van der Waals surface area (Å²) in [5.41, 5.74) is 7.90. The summed E-state index contributed by atoms with van der Waals surface area (Å²) >= 11 is 0. The standard InChI is InChI=1S/C18H19N5O5S/c1-10(24)20-7-13-9-23(18(25)28-13)12-2-3-14-11(6-12)4-5-29(26,27)15-8-21-17(19)22-16(14)15/h2-3,6,8,13H,4-5,7,9H2,1H3,(H,20,24)(H2,19,21,22)/t13-/m0/s1. The van der Waals surface area contributed by atoms with Gasteiger partial charge < -0.3 is 15.8 Å². The molecular formula is C18H19N5O5S. The lowest BCUT2D eigenvalue weighted by atomic mass is 10.0. The number of nitrogen functional groups attached to an aromatic ring is 1. The molecule has 4 rings (SSSR count). The number of ether oxygens (including phenoxy) is 1. The highest BCUT2D eigenvalue weighted by molar-refractivity contribution is 7.91. The SMILES string of the molecule is CC(=O)NC[C@H]1CN(c2ccc3c(c2)CCS(=O)(=O)c2cnc(N)nc2-3)C(=O)O1. The van der Waals surface area contributed by atoms with Crippen molar-refractivity contribution >= 4 is 33.5 Å². The van der Waals surface area contributed by atoms with Crippen LogP contribution in [-0.2, 0) is 25.8 Å². The minimum absolute atomic E-state index is 0.0141. The lowest BCUT2D eigenvalue weighted by Crippen LogP contribution is -2.33. The molecule has 2 amide bonds. The fourth-order valence-corrected chi connectivity index (χ4v) is 4.81. The molecule has 0 aliphatic carbocycles. The largest absolute Gasteiger partial charge is 0.442 e. The van der Waals surface area contributed by atoms with Crippen LogP contribution in [0.3, 0.4) is 0 Å². The summed E-state index contributed by atoms with van der Waals surface area (Å²) in [5, 5.41) is 2.63. The van der Waals surface area contributed by atoms with Crippen molar-refractivity contribution in [1.29, 1.82) is 0 Å². The number of cyclic esters (lactones) is 1. The highest BCUT2D eigenvalue weighted by Crippen LogP contribution is 2.36. The average Bonchev–Trinajstić information content (AvgIpc) is 3.00. The summed E-state index contributed by atoms with van der Waals surface area (Å²) in [4.78, 5) is 32.8. The second-order valence-corrected chi connectivity index (χ2v) is 8.98. The Labute approximate surface area is 167 Å². The van der Waals surface area contributed by atoms with Crippen molar-refractivity contribution in [2.75, 3.05) is 29.5 Å². The van der Waals surface area contributed by atoms with Gasteiger partial charge >= 0.3 is 6.09 Å². The van der Waals surface area contributed by atoms with Gasteiger partial charge in [-0.2, -0.15) is 0 Å². The van der Waals surface area contributed by atoms with Gasteiger partial charge in [0.05, 0.1) is 30.7 Å². The Morgan fingerprint density at radius 2 is 2.21 bits per heavy atom. The summed E-state index contributed by atoms with van der Waals surface area (Å²) in [6.07, 6.45) is 0.521. The predicted octanol–water partition coefficient (Wildman–Crippen LogP) is 0.517. The molecule has 3 N–H and O–H groups in total. The Morgan fingerprint density at radius 3 is 2.97 bits per heavy atom. The number of fused-ring (bicyclic) bond motifs is 3. The fraction of sp³-hybridized carbons (Fsp3) is 0.333. The molecule has 2 aromatic rings. The number of sulfone groups is 1. The highest BCUT2D eigenvalue weighted by atomic mass is 32.2. The number of nitrogens with one attached hydrogen (secondary N) is 1. The number of anilines is 2. The lowest BCUT2D eigenvalue weighted by molar-refractivity contribution is -0.119. The van der Waals surface area contributed by atoms with Gasteiger partial charge in [0.15, 0.2) is 9.84 Å². The van der Waals surface area contributed by atoms with Crippen molar-refractivity contribution in [3.05, 3.63) is 30.0 Å². The molecule has 0 radical (unpaired) electrons. The number of amides is 2. The van der Waals surface area contributed by atoms with E-state index in [0.29, 0.717) is 11.3 Å². The molecule has 0 saturated carbocycles. The molecule has 0 unspecified atom stereocenters. The van der Waals surface area contributed by atoms with Crippen molar-refractivity contribution in [2.45, 2.75) is 24.3 Å². The Kier molecular flexibility index (Phi) is 4.61. The maximum Gasteiger partial charge on any atom is 0.414 e. The number of hydrogen-bond donors (Lipinski definition) is 2. The van der Waals surface area contributed by atoms with Crippen LogP contribution in [-0.4, -0.2) is 55.3 Å². The Balaban J connectivity index is 1.68. The van der Waals surface area contributed by atoms with Gasteiger partial charge in [-0.05, 0) is 24.1 Å². The number of aryl methyl sites for hydroxylation is 1. The van der Waals surface area contributed by atoms with Crippen LogP contribution in [0.15, 0.2) is 29.3 Å². The summed E-state index contributed by atoms with van der Waals surface area (Å²) in [6, 6.07) is 5.20. The third kappa shape index (κ3) is 3.60. The van der Waals surface area contributed by atoms with Crippen LogP contribution in [0, 0.1) is 0 Å². The number of nitrogens with zero attached hydrogens (tertiary/aromatic N) is 3. The van der Waals surface area contributed by atoms with Crippen molar-refractivity contribution < 1.29 is 22.7 Å². The Hall–Kier alpha value is -3.21. The molecule has 1 atom stereocenters. The quantitative estimate of drug-likeness (QED) is 0.735. The first-order valence-electron chi connectivity index (χ1n) is 8.96. The van der Waals surface area contributed by atoms with Gasteiger partial charge in [-0.1, -0.05) is 6.07 Å². The first kappa shape index (κ1) is 19.1. The molecule has 152 valence electrons. The van der Waals surface area contributed by atoms with Crippen LogP contribution in [0.1, 0.15) is 12.5 Å². The molecule has 2 aliphatic heterocycles. The number of nitrogens with two attached hydrogens (primary N) is 1. The van der Waals surface area contributed by atoms with E-state index in [2.05, 4.69) is 15.3 Å². The second kappa shape index (κ2) is 6.99. The molecule has 11 heteroatoms. The maximum absolute atomic E-state index is 12.6. The first-order valence-corrected chi connectivity index (χ1v) is 10.6. The molecule has 10 nitrogen and oxygen atoms in total. The van der Waals surface area contributed by atoms with Gasteiger partial charge in [0.2, 0.25) is 11.9 Å². The van der Waals surface area contributed by atoms with Crippen molar-refractivity contribution in [2.24, 2.45) is 0 Å². The highest BCUT2D eigenvalue weighted by Gasteiger charge is 2.34. The van der Waals surface area contributed by atoms with E-state index in [1.54, 1.807) is 18.2 Å². The lowest BCUT2D eigenvalue weighted by Gasteiger charge is -2.16. The molecule has 29 heavy (non-hydrogen) atoms. The molecule has 1 saturated heterocycles. The zero-order valence-corrected chi connectivity index (χ0v) is 16.4. The molecular weight excluding hydrogens is 398 g/mol. The molecule has 1 fully saturated rings. The summed E-state index contributed by atoms with van der Waals surface area (Å²) in [5.74, 6) is -0.315. The fourth-order valence-electron chi connectivity index (χ4n) is 3.44. The monoisotopic (exact) mass is 417 g/mol. The van der Waals surface area contributed by atoms with E-state index in [1.807, 2.05) is 0 Å². The first-order chi connectivity index (χ1) is 13.7. The van der Waals surface area contributed by atoms with Crippen LogP contribution < -0.4 is 16.0 Å². The normalized spacial score (nSPS) is 19.7.